The molecule has 3 heterocycles. The molecule has 0 aliphatic carbocycles. The molecule has 12 aromatic rings. The van der Waals surface area contributed by atoms with Crippen LogP contribution in [0, 0.1) is 17.9 Å². The first kappa shape index (κ1) is 46.7. The first-order valence-electron chi connectivity index (χ1n) is 23.9. The Labute approximate surface area is 423 Å². The molecule has 4 nitrogen and oxygen atoms in total. The van der Waals surface area contributed by atoms with Gasteiger partial charge in [0.05, 0.1) is 30.5 Å². The standard InChI is InChI=1S/C49H37N2O.C14H15FNSi.Ir/c1-29(2)40-26-35(31-13-6-5-7-14-31)27-41(30(3)4)46(40)51-47-37-18-11-9-16-33(37)23-24-44(47)50-49(51)39-20-12-19-38-43-25-34-22-21-32-15-8-10-17-36(32)42(34)28-45(43)52-48(38)39;1-17(2,3)13-8-9-14(16-10-13)11-4-6-12(15)7-5-11;/h5-19,21-30H,1-4H3;4,6-10H,1-3H3;/q2*-1;. The number of halogens is 1. The summed E-state index contributed by atoms with van der Waals surface area (Å²) in [6.07, 6.45) is 1.93. The van der Waals surface area contributed by atoms with Crippen LogP contribution in [0.5, 0.6) is 0 Å². The molecule has 0 spiro atoms. The number of hydrogen-bond acceptors (Lipinski definition) is 3. The summed E-state index contributed by atoms with van der Waals surface area (Å²) in [7, 11) is -1.30. The number of furan rings is 1. The molecule has 0 atom stereocenters. The van der Waals surface area contributed by atoms with E-state index in [0.29, 0.717) is 0 Å². The van der Waals surface area contributed by atoms with Crippen molar-refractivity contribution >= 4 is 78.5 Å². The Bertz CT molecular complexity index is 3860. The zero-order valence-corrected chi connectivity index (χ0v) is 43.8. The van der Waals surface area contributed by atoms with E-state index >= 15 is 0 Å². The van der Waals surface area contributed by atoms with Gasteiger partial charge in [0.2, 0.25) is 0 Å². The molecule has 0 saturated carbocycles. The maximum absolute atomic E-state index is 12.8. The molecule has 1 radical (unpaired) electrons. The number of pyridine rings is 1. The number of imidazole rings is 1. The summed E-state index contributed by atoms with van der Waals surface area (Å²) >= 11 is 0. The van der Waals surface area contributed by atoms with E-state index in [1.165, 1.54) is 77.6 Å². The molecule has 70 heavy (non-hydrogen) atoms. The Kier molecular flexibility index (Phi) is 12.5. The van der Waals surface area contributed by atoms with Crippen molar-refractivity contribution in [3.05, 3.63) is 205 Å². The van der Waals surface area contributed by atoms with Crippen molar-refractivity contribution in [2.75, 3.05) is 0 Å². The molecular weight excluding hydrogens is 1050 g/mol. The summed E-state index contributed by atoms with van der Waals surface area (Å²) in [4.78, 5) is 9.91. The van der Waals surface area contributed by atoms with Gasteiger partial charge < -0.3 is 14.0 Å². The van der Waals surface area contributed by atoms with Gasteiger partial charge in [0.15, 0.2) is 0 Å². The second-order valence-corrected chi connectivity index (χ2v) is 24.8. The van der Waals surface area contributed by atoms with Crippen LogP contribution >= 0.6 is 0 Å². The van der Waals surface area contributed by atoms with E-state index in [0.717, 1.165) is 55.6 Å². The molecule has 0 N–H and O–H groups in total. The van der Waals surface area contributed by atoms with Gasteiger partial charge in [-0.1, -0.05) is 167 Å². The quantitative estimate of drug-likeness (QED) is 0.0907. The van der Waals surface area contributed by atoms with Gasteiger partial charge in [0, 0.05) is 48.6 Å². The third kappa shape index (κ3) is 8.46. The summed E-state index contributed by atoms with van der Waals surface area (Å²) in [6, 6.07) is 65.3. The van der Waals surface area contributed by atoms with Crippen molar-refractivity contribution in [1.29, 1.82) is 0 Å². The fourth-order valence-corrected chi connectivity index (χ4v) is 10.8. The average molecular weight is 1110 g/mol. The molecule has 0 aliphatic heterocycles. The summed E-state index contributed by atoms with van der Waals surface area (Å²) in [5.41, 5.74) is 12.5. The van der Waals surface area contributed by atoms with Gasteiger partial charge in [-0.15, -0.1) is 48.0 Å². The van der Waals surface area contributed by atoms with Gasteiger partial charge in [-0.05, 0) is 102 Å². The molecule has 0 unspecified atom stereocenters. The first-order chi connectivity index (χ1) is 33.4. The molecule has 0 saturated heterocycles. The van der Waals surface area contributed by atoms with Gasteiger partial charge in [-0.2, -0.15) is 0 Å². The number of rotatable bonds is 7. The fraction of sp³-hybridized carbons (Fsp3) is 0.143. The third-order valence-corrected chi connectivity index (χ3v) is 15.5. The largest absolute Gasteiger partial charge is 0.501 e. The maximum Gasteiger partial charge on any atom is 0.121 e. The average Bonchev–Trinajstić information content (AvgIpc) is 3.94. The Morgan fingerprint density at radius 1 is 0.600 bits per heavy atom. The van der Waals surface area contributed by atoms with E-state index in [2.05, 4.69) is 209 Å². The normalized spacial score (nSPS) is 11.9. The fourth-order valence-electron chi connectivity index (χ4n) is 9.81. The van der Waals surface area contributed by atoms with Crippen LogP contribution in [-0.2, 0) is 20.1 Å². The number of aromatic nitrogens is 3. The molecule has 0 amide bonds. The molecule has 0 bridgehead atoms. The van der Waals surface area contributed by atoms with E-state index in [1.54, 1.807) is 6.07 Å². The van der Waals surface area contributed by atoms with Gasteiger partial charge >= 0.3 is 0 Å². The topological polar surface area (TPSA) is 43.9 Å². The van der Waals surface area contributed by atoms with E-state index < -0.39 is 8.07 Å². The predicted octanol–water partition coefficient (Wildman–Crippen LogP) is 17.0. The number of nitrogens with zero attached hydrogens (tertiary/aromatic N) is 3. The van der Waals surface area contributed by atoms with Crippen LogP contribution in [0.25, 0.3) is 105 Å². The van der Waals surface area contributed by atoms with Crippen LogP contribution in [0.2, 0.25) is 19.6 Å². The summed E-state index contributed by atoms with van der Waals surface area (Å²) in [6.45, 7) is 16.1. The van der Waals surface area contributed by atoms with Crippen LogP contribution in [-0.4, -0.2) is 22.6 Å². The minimum atomic E-state index is -1.30. The molecule has 12 rings (SSSR count). The monoisotopic (exact) mass is 1110 g/mol. The smallest absolute Gasteiger partial charge is 0.121 e. The molecule has 3 aromatic heterocycles. The van der Waals surface area contributed by atoms with Crippen molar-refractivity contribution in [2.24, 2.45) is 0 Å². The van der Waals surface area contributed by atoms with E-state index in [1.807, 2.05) is 18.3 Å². The second-order valence-electron chi connectivity index (χ2n) is 19.8. The Morgan fingerprint density at radius 3 is 1.94 bits per heavy atom. The third-order valence-electron chi connectivity index (χ3n) is 13.5. The van der Waals surface area contributed by atoms with Crippen molar-refractivity contribution < 1.29 is 28.9 Å². The predicted molar refractivity (Wildman–Crippen MR) is 290 cm³/mol. The van der Waals surface area contributed by atoms with Crippen LogP contribution in [0.15, 0.2) is 180 Å². The Hall–Kier alpha value is -7.02. The first-order valence-corrected chi connectivity index (χ1v) is 27.4. The van der Waals surface area contributed by atoms with Crippen molar-refractivity contribution in [3.8, 4) is 39.5 Å². The van der Waals surface area contributed by atoms with Crippen LogP contribution in [0.4, 0.5) is 4.39 Å². The van der Waals surface area contributed by atoms with Gasteiger partial charge in [0.25, 0.3) is 0 Å². The Morgan fingerprint density at radius 2 is 1.27 bits per heavy atom. The molecule has 7 heteroatoms. The van der Waals surface area contributed by atoms with Crippen molar-refractivity contribution in [3.63, 3.8) is 0 Å². The number of fused-ring (bicyclic) bond motifs is 9. The summed E-state index contributed by atoms with van der Waals surface area (Å²) < 4.78 is 22.1. The second kappa shape index (κ2) is 18.7. The van der Waals surface area contributed by atoms with E-state index in [4.69, 9.17) is 9.40 Å². The maximum atomic E-state index is 12.8. The zero-order valence-electron chi connectivity index (χ0n) is 40.4. The van der Waals surface area contributed by atoms with E-state index in [9.17, 15) is 4.39 Å². The van der Waals surface area contributed by atoms with Crippen LogP contribution in [0.1, 0.15) is 50.7 Å². The SMILES string of the molecule is CC(C)c1cc(-c2ccccc2)cc(C(C)C)c1-n1c(-c2[c-]ccc3c2oc2cc4c(ccc5ccccc54)cc23)nc2ccc3ccccc3c21.C[Si](C)(C)c1ccc(-c2[c-]cc(F)cc2)nc1.[Ir]. The molecule has 0 fully saturated rings. The van der Waals surface area contributed by atoms with Gasteiger partial charge in [0.1, 0.15) is 5.58 Å². The molecular formula is C63H52FIrN3OSi-2. The van der Waals surface area contributed by atoms with Crippen LogP contribution < -0.4 is 5.19 Å². The van der Waals surface area contributed by atoms with Crippen molar-refractivity contribution in [1.82, 2.24) is 14.5 Å². The van der Waals surface area contributed by atoms with E-state index in [-0.39, 0.29) is 37.8 Å². The summed E-state index contributed by atoms with van der Waals surface area (Å²) in [5.74, 6) is 1.07. The molecule has 347 valence electrons. The zero-order chi connectivity index (χ0) is 47.6. The molecule has 9 aromatic carbocycles. The van der Waals surface area contributed by atoms with Gasteiger partial charge in [-0.3, -0.25) is 9.37 Å². The van der Waals surface area contributed by atoms with Crippen molar-refractivity contribution in [2.45, 2.75) is 59.2 Å². The number of hydrogen-bond donors (Lipinski definition) is 0. The Balaban J connectivity index is 0.000000268. The minimum absolute atomic E-state index is 0. The van der Waals surface area contributed by atoms with Gasteiger partial charge in [-0.25, -0.2) is 0 Å². The number of benzene rings is 9. The van der Waals surface area contributed by atoms with Crippen LogP contribution in [0.3, 0.4) is 0 Å². The summed E-state index contributed by atoms with van der Waals surface area (Å²) in [5, 5.41) is 10.7. The minimum Gasteiger partial charge on any atom is -0.501 e. The molecule has 0 aliphatic rings.